The van der Waals surface area contributed by atoms with Crippen LogP contribution in [0.25, 0.3) is 0 Å². The maximum atomic E-state index is 9.99. The maximum Gasteiger partial charge on any atom is 0.155 e. The number of benzene rings is 1. The molecule has 0 radical (unpaired) electrons. The zero-order valence-corrected chi connectivity index (χ0v) is 10.00. The molecule has 84 valence electrons. The number of aryl methyl sites for hydroxylation is 1. The molecule has 16 heavy (non-hydrogen) atoms. The van der Waals surface area contributed by atoms with Crippen molar-refractivity contribution in [2.24, 2.45) is 0 Å². The van der Waals surface area contributed by atoms with Crippen LogP contribution in [-0.2, 0) is 0 Å². The van der Waals surface area contributed by atoms with Crippen molar-refractivity contribution in [1.29, 1.82) is 0 Å². The summed E-state index contributed by atoms with van der Waals surface area (Å²) in [5.74, 6) is 0.569. The minimum atomic E-state index is 0.519. The molecular formula is C11H9Cl2NO2. The molecule has 0 aliphatic rings. The third-order valence-electron chi connectivity index (χ3n) is 1.70. The highest BCUT2D eigenvalue weighted by molar-refractivity contribution is 6.34. The SMILES string of the molecule is Cc1oncc1C=O.Clc1cccc(Cl)c1. The molecule has 0 unspecified atom stereocenters. The number of aromatic nitrogens is 1. The zero-order chi connectivity index (χ0) is 12.0. The number of nitrogens with zero attached hydrogens (tertiary/aromatic N) is 1. The first kappa shape index (κ1) is 12.7. The van der Waals surface area contributed by atoms with Gasteiger partial charge >= 0.3 is 0 Å². The van der Waals surface area contributed by atoms with E-state index in [9.17, 15) is 4.79 Å². The van der Waals surface area contributed by atoms with E-state index >= 15 is 0 Å². The largest absolute Gasteiger partial charge is 0.361 e. The van der Waals surface area contributed by atoms with E-state index in [2.05, 4.69) is 9.68 Å². The molecule has 1 heterocycles. The second kappa shape index (κ2) is 6.30. The van der Waals surface area contributed by atoms with Gasteiger partial charge in [-0.2, -0.15) is 0 Å². The lowest BCUT2D eigenvalue weighted by Gasteiger charge is -1.86. The van der Waals surface area contributed by atoms with Gasteiger partial charge in [0.25, 0.3) is 0 Å². The van der Waals surface area contributed by atoms with Gasteiger partial charge in [0.2, 0.25) is 0 Å². The fraction of sp³-hybridized carbons (Fsp3) is 0.0909. The summed E-state index contributed by atoms with van der Waals surface area (Å²) >= 11 is 11.1. The average molecular weight is 258 g/mol. The van der Waals surface area contributed by atoms with Gasteiger partial charge in [0, 0.05) is 10.0 Å². The van der Waals surface area contributed by atoms with Crippen molar-refractivity contribution >= 4 is 29.5 Å². The first-order valence-electron chi connectivity index (χ1n) is 4.41. The third-order valence-corrected chi connectivity index (χ3v) is 2.17. The zero-order valence-electron chi connectivity index (χ0n) is 8.48. The fourth-order valence-corrected chi connectivity index (χ4v) is 1.32. The molecular weight excluding hydrogens is 249 g/mol. The Bertz CT molecular complexity index is 451. The number of carbonyl (C=O) groups is 1. The monoisotopic (exact) mass is 257 g/mol. The molecule has 0 fully saturated rings. The van der Waals surface area contributed by atoms with Crippen LogP contribution in [0.5, 0.6) is 0 Å². The van der Waals surface area contributed by atoms with Gasteiger partial charge in [0.1, 0.15) is 5.76 Å². The minimum absolute atomic E-state index is 0.519. The Balaban J connectivity index is 0.000000160. The van der Waals surface area contributed by atoms with Crippen LogP contribution in [0, 0.1) is 6.92 Å². The lowest BCUT2D eigenvalue weighted by atomic mass is 10.3. The Kier molecular flexibility index (Phi) is 5.02. The smallest absolute Gasteiger partial charge is 0.155 e. The molecule has 0 aliphatic carbocycles. The lowest BCUT2D eigenvalue weighted by Crippen LogP contribution is -1.74. The summed E-state index contributed by atoms with van der Waals surface area (Å²) in [7, 11) is 0. The average Bonchev–Trinajstić information content (AvgIpc) is 2.64. The molecule has 0 N–H and O–H groups in total. The molecule has 2 rings (SSSR count). The molecule has 0 saturated carbocycles. The second-order valence-corrected chi connectivity index (χ2v) is 3.77. The molecule has 2 aromatic rings. The van der Waals surface area contributed by atoms with Gasteiger partial charge in [-0.1, -0.05) is 34.4 Å². The normalized spacial score (nSPS) is 9.19. The number of hydrogen-bond acceptors (Lipinski definition) is 3. The predicted molar refractivity (Wildman–Crippen MR) is 63.1 cm³/mol. The summed E-state index contributed by atoms with van der Waals surface area (Å²) in [4.78, 5) is 9.99. The number of aldehydes is 1. The Morgan fingerprint density at radius 3 is 2.19 bits per heavy atom. The van der Waals surface area contributed by atoms with Gasteiger partial charge < -0.3 is 4.52 Å². The molecule has 1 aromatic carbocycles. The van der Waals surface area contributed by atoms with Crippen LogP contribution in [-0.4, -0.2) is 11.4 Å². The summed E-state index contributed by atoms with van der Waals surface area (Å²) in [5, 5.41) is 4.74. The highest BCUT2D eigenvalue weighted by atomic mass is 35.5. The van der Waals surface area contributed by atoms with E-state index in [0.717, 1.165) is 0 Å². The highest BCUT2D eigenvalue weighted by Crippen LogP contribution is 2.13. The second-order valence-electron chi connectivity index (χ2n) is 2.90. The van der Waals surface area contributed by atoms with Crippen molar-refractivity contribution in [2.45, 2.75) is 6.92 Å². The van der Waals surface area contributed by atoms with Crippen molar-refractivity contribution in [3.63, 3.8) is 0 Å². The van der Waals surface area contributed by atoms with E-state index < -0.39 is 0 Å². The van der Waals surface area contributed by atoms with Gasteiger partial charge in [0.15, 0.2) is 6.29 Å². The number of halogens is 2. The van der Waals surface area contributed by atoms with Crippen LogP contribution in [0.3, 0.4) is 0 Å². The van der Waals surface area contributed by atoms with Gasteiger partial charge in [0.05, 0.1) is 11.8 Å². The van der Waals surface area contributed by atoms with Gasteiger partial charge in [-0.15, -0.1) is 0 Å². The highest BCUT2D eigenvalue weighted by Gasteiger charge is 1.97. The van der Waals surface area contributed by atoms with E-state index in [1.807, 2.05) is 6.07 Å². The van der Waals surface area contributed by atoms with Gasteiger partial charge in [-0.25, -0.2) is 0 Å². The van der Waals surface area contributed by atoms with Crippen LogP contribution < -0.4 is 0 Å². The Morgan fingerprint density at radius 1 is 1.31 bits per heavy atom. The Hall–Kier alpha value is -1.32. The molecule has 0 spiro atoms. The van der Waals surface area contributed by atoms with E-state index in [1.165, 1.54) is 6.20 Å². The van der Waals surface area contributed by atoms with E-state index in [4.69, 9.17) is 23.2 Å². The van der Waals surface area contributed by atoms with Crippen molar-refractivity contribution in [3.8, 4) is 0 Å². The lowest BCUT2D eigenvalue weighted by molar-refractivity contribution is 0.112. The summed E-state index contributed by atoms with van der Waals surface area (Å²) in [6.07, 6.45) is 2.11. The van der Waals surface area contributed by atoms with Crippen LogP contribution in [0.1, 0.15) is 16.1 Å². The standard InChI is InChI=1S/C6H4Cl2.C5H5NO2/c7-5-2-1-3-6(8)4-5;1-4-5(3-7)2-6-8-4/h1-4H;2-3H,1H3. The topological polar surface area (TPSA) is 43.1 Å². The summed E-state index contributed by atoms with van der Waals surface area (Å²) < 4.78 is 4.57. The molecule has 0 atom stereocenters. The molecule has 1 aromatic heterocycles. The first-order chi connectivity index (χ1) is 7.63. The van der Waals surface area contributed by atoms with Crippen LogP contribution in [0.4, 0.5) is 0 Å². The summed E-state index contributed by atoms with van der Waals surface area (Å²) in [6, 6.07) is 7.08. The van der Waals surface area contributed by atoms with E-state index in [0.29, 0.717) is 27.7 Å². The van der Waals surface area contributed by atoms with Crippen LogP contribution >= 0.6 is 23.2 Å². The van der Waals surface area contributed by atoms with E-state index in [1.54, 1.807) is 25.1 Å². The molecule has 0 amide bonds. The summed E-state index contributed by atoms with van der Waals surface area (Å²) in [5.41, 5.74) is 0.519. The summed E-state index contributed by atoms with van der Waals surface area (Å²) in [6.45, 7) is 1.69. The van der Waals surface area contributed by atoms with E-state index in [-0.39, 0.29) is 0 Å². The Morgan fingerprint density at radius 2 is 1.94 bits per heavy atom. The van der Waals surface area contributed by atoms with Crippen molar-refractivity contribution in [3.05, 3.63) is 51.8 Å². The predicted octanol–water partition coefficient (Wildman–Crippen LogP) is 3.79. The maximum absolute atomic E-state index is 9.99. The minimum Gasteiger partial charge on any atom is -0.361 e. The third kappa shape index (κ3) is 4.04. The molecule has 0 bridgehead atoms. The van der Waals surface area contributed by atoms with Crippen LogP contribution in [0.15, 0.2) is 35.0 Å². The van der Waals surface area contributed by atoms with Gasteiger partial charge in [-0.05, 0) is 25.1 Å². The quantitative estimate of drug-likeness (QED) is 0.731. The van der Waals surface area contributed by atoms with Crippen molar-refractivity contribution in [1.82, 2.24) is 5.16 Å². The number of hydrogen-bond donors (Lipinski definition) is 0. The fourth-order valence-electron chi connectivity index (χ4n) is 0.879. The molecule has 3 nitrogen and oxygen atoms in total. The molecule has 0 saturated heterocycles. The van der Waals surface area contributed by atoms with Gasteiger partial charge in [-0.3, -0.25) is 4.79 Å². The molecule has 5 heteroatoms. The molecule has 0 aliphatic heterocycles. The first-order valence-corrected chi connectivity index (χ1v) is 5.16. The van der Waals surface area contributed by atoms with Crippen LogP contribution in [0.2, 0.25) is 10.0 Å². The number of carbonyl (C=O) groups excluding carboxylic acids is 1. The Labute approximate surface area is 103 Å². The van der Waals surface area contributed by atoms with Crippen molar-refractivity contribution < 1.29 is 9.32 Å². The van der Waals surface area contributed by atoms with Crippen molar-refractivity contribution in [2.75, 3.05) is 0 Å². The number of rotatable bonds is 1.